The molecule has 2 N–H and O–H groups in total. The van der Waals surface area contributed by atoms with Crippen molar-refractivity contribution >= 4 is 11.8 Å². The van der Waals surface area contributed by atoms with E-state index in [4.69, 9.17) is 0 Å². The van der Waals surface area contributed by atoms with Gasteiger partial charge in [0.1, 0.15) is 0 Å². The summed E-state index contributed by atoms with van der Waals surface area (Å²) < 4.78 is 0. The first-order chi connectivity index (χ1) is 8.56. The topological polar surface area (TPSA) is 61.4 Å². The maximum absolute atomic E-state index is 11.9. The molecule has 106 valence electrons. The molecule has 0 aromatic rings. The van der Waals surface area contributed by atoms with Gasteiger partial charge in [0.05, 0.1) is 12.6 Å². The van der Waals surface area contributed by atoms with Crippen molar-refractivity contribution in [1.82, 2.24) is 15.5 Å². The number of unbranched alkanes of at least 4 members (excludes halogenated alkanes) is 1. The van der Waals surface area contributed by atoms with Crippen molar-refractivity contribution in [3.8, 4) is 0 Å². The zero-order chi connectivity index (χ0) is 14.0. The standard InChI is InChI=1S/C13H27N3O2/c1-5-8-9-14-12(17)10-15-11(4)13(18)16(6-2)7-3/h11,15H,5-10H2,1-4H3,(H,14,17). The van der Waals surface area contributed by atoms with Crippen LogP contribution in [0.4, 0.5) is 0 Å². The Morgan fingerprint density at radius 3 is 2.28 bits per heavy atom. The van der Waals surface area contributed by atoms with E-state index in [1.54, 1.807) is 11.8 Å². The maximum atomic E-state index is 11.9. The first-order valence-corrected chi connectivity index (χ1v) is 6.85. The minimum absolute atomic E-state index is 0.0429. The molecule has 0 radical (unpaired) electrons. The molecule has 0 rings (SSSR count). The van der Waals surface area contributed by atoms with Crippen LogP contribution in [0.5, 0.6) is 0 Å². The first kappa shape index (κ1) is 16.9. The SMILES string of the molecule is CCCCNC(=O)CNC(C)C(=O)N(CC)CC. The summed E-state index contributed by atoms with van der Waals surface area (Å²) in [5, 5.41) is 5.76. The summed E-state index contributed by atoms with van der Waals surface area (Å²) in [6, 6.07) is -0.318. The molecule has 0 aromatic carbocycles. The highest BCUT2D eigenvalue weighted by atomic mass is 16.2. The highest BCUT2D eigenvalue weighted by molar-refractivity contribution is 5.83. The van der Waals surface area contributed by atoms with Crippen LogP contribution in [0.25, 0.3) is 0 Å². The Bertz CT molecular complexity index is 253. The molecule has 0 heterocycles. The van der Waals surface area contributed by atoms with Gasteiger partial charge in [0.2, 0.25) is 11.8 Å². The summed E-state index contributed by atoms with van der Waals surface area (Å²) in [6.45, 7) is 10.1. The zero-order valence-corrected chi connectivity index (χ0v) is 12.1. The fourth-order valence-electron chi connectivity index (χ4n) is 1.61. The average Bonchev–Trinajstić information content (AvgIpc) is 2.37. The van der Waals surface area contributed by atoms with E-state index >= 15 is 0 Å². The average molecular weight is 257 g/mol. The number of likely N-dealkylation sites (N-methyl/N-ethyl adjacent to an activating group) is 1. The summed E-state index contributed by atoms with van der Waals surface area (Å²) in [5.74, 6) is -0.0102. The normalized spacial score (nSPS) is 12.0. The largest absolute Gasteiger partial charge is 0.355 e. The van der Waals surface area contributed by atoms with E-state index in [0.29, 0.717) is 19.6 Å². The Balaban J connectivity index is 3.90. The van der Waals surface area contributed by atoms with Gasteiger partial charge in [0, 0.05) is 19.6 Å². The van der Waals surface area contributed by atoms with E-state index in [-0.39, 0.29) is 24.4 Å². The second kappa shape index (κ2) is 9.88. The van der Waals surface area contributed by atoms with Gasteiger partial charge in [-0.3, -0.25) is 14.9 Å². The van der Waals surface area contributed by atoms with Crippen molar-refractivity contribution in [3.05, 3.63) is 0 Å². The minimum atomic E-state index is -0.318. The molecule has 1 unspecified atom stereocenters. The zero-order valence-electron chi connectivity index (χ0n) is 12.1. The molecule has 18 heavy (non-hydrogen) atoms. The molecule has 2 amide bonds. The molecule has 5 heteroatoms. The lowest BCUT2D eigenvalue weighted by Crippen LogP contribution is -2.47. The Kier molecular flexibility index (Phi) is 9.28. The lowest BCUT2D eigenvalue weighted by atomic mass is 10.2. The van der Waals surface area contributed by atoms with E-state index in [1.807, 2.05) is 13.8 Å². The van der Waals surface area contributed by atoms with Crippen LogP contribution >= 0.6 is 0 Å². The second-order valence-electron chi connectivity index (χ2n) is 4.32. The fraction of sp³-hybridized carbons (Fsp3) is 0.846. The number of rotatable bonds is 9. The third-order valence-corrected chi connectivity index (χ3v) is 2.87. The van der Waals surface area contributed by atoms with E-state index in [2.05, 4.69) is 17.6 Å². The van der Waals surface area contributed by atoms with Crippen molar-refractivity contribution in [2.45, 2.75) is 46.6 Å². The highest BCUT2D eigenvalue weighted by Crippen LogP contribution is 1.94. The van der Waals surface area contributed by atoms with Crippen LogP contribution < -0.4 is 10.6 Å². The van der Waals surface area contributed by atoms with Crippen LogP contribution in [0, 0.1) is 0 Å². The third kappa shape index (κ3) is 6.59. The summed E-state index contributed by atoms with van der Waals surface area (Å²) in [7, 11) is 0. The van der Waals surface area contributed by atoms with Crippen molar-refractivity contribution in [2.24, 2.45) is 0 Å². The molecule has 1 atom stereocenters. The molecule has 5 nitrogen and oxygen atoms in total. The predicted octanol–water partition coefficient (Wildman–Crippen LogP) is 0.749. The Morgan fingerprint density at radius 1 is 1.17 bits per heavy atom. The highest BCUT2D eigenvalue weighted by Gasteiger charge is 2.18. The molecule has 0 fully saturated rings. The molecular formula is C13H27N3O2. The van der Waals surface area contributed by atoms with Gasteiger partial charge in [0.15, 0.2) is 0 Å². The predicted molar refractivity (Wildman–Crippen MR) is 73.3 cm³/mol. The van der Waals surface area contributed by atoms with Crippen LogP contribution in [0.1, 0.15) is 40.5 Å². The minimum Gasteiger partial charge on any atom is -0.355 e. The van der Waals surface area contributed by atoms with Gasteiger partial charge < -0.3 is 10.2 Å². The second-order valence-corrected chi connectivity index (χ2v) is 4.32. The number of hydrogen-bond acceptors (Lipinski definition) is 3. The molecular weight excluding hydrogens is 230 g/mol. The monoisotopic (exact) mass is 257 g/mol. The number of hydrogen-bond donors (Lipinski definition) is 2. The van der Waals surface area contributed by atoms with Crippen molar-refractivity contribution < 1.29 is 9.59 Å². The van der Waals surface area contributed by atoms with Gasteiger partial charge in [0.25, 0.3) is 0 Å². The summed E-state index contributed by atoms with van der Waals surface area (Å²) in [4.78, 5) is 25.1. The molecule has 0 aromatic heterocycles. The quantitative estimate of drug-likeness (QED) is 0.599. The van der Waals surface area contributed by atoms with Crippen molar-refractivity contribution in [2.75, 3.05) is 26.2 Å². The van der Waals surface area contributed by atoms with Crippen LogP contribution in [-0.4, -0.2) is 48.9 Å². The van der Waals surface area contributed by atoms with Crippen molar-refractivity contribution in [3.63, 3.8) is 0 Å². The number of amides is 2. The van der Waals surface area contributed by atoms with Crippen molar-refractivity contribution in [1.29, 1.82) is 0 Å². The molecule has 0 saturated carbocycles. The summed E-state index contributed by atoms with van der Waals surface area (Å²) in [5.41, 5.74) is 0. The Morgan fingerprint density at radius 2 is 1.78 bits per heavy atom. The smallest absolute Gasteiger partial charge is 0.239 e. The van der Waals surface area contributed by atoms with E-state index in [9.17, 15) is 9.59 Å². The third-order valence-electron chi connectivity index (χ3n) is 2.87. The van der Waals surface area contributed by atoms with E-state index in [1.165, 1.54) is 0 Å². The summed E-state index contributed by atoms with van der Waals surface area (Å²) in [6.07, 6.45) is 2.05. The Labute approximate surface area is 110 Å². The fourth-order valence-corrected chi connectivity index (χ4v) is 1.61. The van der Waals surface area contributed by atoms with E-state index in [0.717, 1.165) is 12.8 Å². The number of nitrogens with zero attached hydrogens (tertiary/aromatic N) is 1. The van der Waals surface area contributed by atoms with Gasteiger partial charge in [-0.2, -0.15) is 0 Å². The molecule has 0 aliphatic carbocycles. The Hall–Kier alpha value is -1.10. The molecule has 0 bridgehead atoms. The molecule has 0 spiro atoms. The van der Waals surface area contributed by atoms with Crippen LogP contribution in [0.3, 0.4) is 0 Å². The van der Waals surface area contributed by atoms with Crippen LogP contribution in [0.15, 0.2) is 0 Å². The van der Waals surface area contributed by atoms with Gasteiger partial charge >= 0.3 is 0 Å². The van der Waals surface area contributed by atoms with Gasteiger partial charge in [-0.1, -0.05) is 13.3 Å². The van der Waals surface area contributed by atoms with Gasteiger partial charge in [-0.15, -0.1) is 0 Å². The number of carbonyl (C=O) groups excluding carboxylic acids is 2. The number of nitrogens with one attached hydrogen (secondary N) is 2. The van der Waals surface area contributed by atoms with E-state index < -0.39 is 0 Å². The molecule has 0 saturated heterocycles. The molecule has 0 aliphatic rings. The van der Waals surface area contributed by atoms with Crippen LogP contribution in [-0.2, 0) is 9.59 Å². The van der Waals surface area contributed by atoms with Crippen LogP contribution in [0.2, 0.25) is 0 Å². The lowest BCUT2D eigenvalue weighted by Gasteiger charge is -2.23. The lowest BCUT2D eigenvalue weighted by molar-refractivity contribution is -0.132. The summed E-state index contributed by atoms with van der Waals surface area (Å²) >= 11 is 0. The van der Waals surface area contributed by atoms with Gasteiger partial charge in [-0.25, -0.2) is 0 Å². The first-order valence-electron chi connectivity index (χ1n) is 6.85. The molecule has 0 aliphatic heterocycles. The van der Waals surface area contributed by atoms with Gasteiger partial charge in [-0.05, 0) is 27.2 Å². The number of carbonyl (C=O) groups is 2. The maximum Gasteiger partial charge on any atom is 0.239 e.